The van der Waals surface area contributed by atoms with Gasteiger partial charge in [-0.2, -0.15) is 0 Å². The predicted molar refractivity (Wildman–Crippen MR) is 122 cm³/mol. The fourth-order valence-corrected chi connectivity index (χ4v) is 4.50. The van der Waals surface area contributed by atoms with Crippen LogP contribution < -0.4 is 5.32 Å². The van der Waals surface area contributed by atoms with Crippen molar-refractivity contribution in [3.05, 3.63) is 99.4 Å². The van der Waals surface area contributed by atoms with Gasteiger partial charge in [-0.25, -0.2) is 9.18 Å². The molecule has 0 saturated heterocycles. The van der Waals surface area contributed by atoms with Crippen molar-refractivity contribution in [2.45, 2.75) is 12.5 Å². The third-order valence-electron chi connectivity index (χ3n) is 5.63. The van der Waals surface area contributed by atoms with Gasteiger partial charge in [-0.15, -0.1) is 0 Å². The summed E-state index contributed by atoms with van der Waals surface area (Å²) in [5, 5.41) is 5.25. The normalized spacial score (nSPS) is 15.7. The highest BCUT2D eigenvalue weighted by atomic mass is 35.5. The van der Waals surface area contributed by atoms with Gasteiger partial charge < -0.3 is 15.2 Å². The molecule has 3 aromatic carbocycles. The molecule has 5 rings (SSSR count). The molecule has 0 spiro atoms. The molecule has 1 unspecified atom stereocenters. The molecule has 4 nitrogen and oxygen atoms in total. The van der Waals surface area contributed by atoms with Crippen LogP contribution >= 0.6 is 23.2 Å². The van der Waals surface area contributed by atoms with Gasteiger partial charge in [0.25, 0.3) is 0 Å². The van der Waals surface area contributed by atoms with E-state index < -0.39 is 0 Å². The third kappa shape index (κ3) is 3.75. The maximum absolute atomic E-state index is 13.6. The van der Waals surface area contributed by atoms with Crippen LogP contribution in [0.3, 0.4) is 0 Å². The minimum absolute atomic E-state index is 0.237. The van der Waals surface area contributed by atoms with Gasteiger partial charge >= 0.3 is 6.03 Å². The van der Waals surface area contributed by atoms with Crippen LogP contribution in [0.2, 0.25) is 10.0 Å². The third-order valence-corrected chi connectivity index (χ3v) is 6.12. The van der Waals surface area contributed by atoms with E-state index in [1.165, 1.54) is 12.1 Å². The lowest BCUT2D eigenvalue weighted by atomic mass is 9.92. The van der Waals surface area contributed by atoms with E-state index in [9.17, 15) is 9.18 Å². The average Bonchev–Trinajstić information content (AvgIpc) is 3.13. The molecular formula is C24H18Cl2FN3O. The molecular weight excluding hydrogens is 436 g/mol. The molecule has 2 N–H and O–H groups in total. The average molecular weight is 454 g/mol. The summed E-state index contributed by atoms with van der Waals surface area (Å²) in [5.74, 6) is -0.319. The molecule has 31 heavy (non-hydrogen) atoms. The predicted octanol–water partition coefficient (Wildman–Crippen LogP) is 6.79. The van der Waals surface area contributed by atoms with Crippen LogP contribution in [-0.4, -0.2) is 22.5 Å². The molecule has 0 aliphatic carbocycles. The van der Waals surface area contributed by atoms with Gasteiger partial charge in [-0.3, -0.25) is 0 Å². The van der Waals surface area contributed by atoms with Gasteiger partial charge in [-0.1, -0.05) is 35.3 Å². The topological polar surface area (TPSA) is 48.1 Å². The number of fused-ring (bicyclic) bond motifs is 3. The Morgan fingerprint density at radius 1 is 1.00 bits per heavy atom. The molecule has 1 aliphatic rings. The first-order chi connectivity index (χ1) is 15.0. The van der Waals surface area contributed by atoms with Crippen LogP contribution in [0.15, 0.2) is 66.7 Å². The maximum atomic E-state index is 13.6. The summed E-state index contributed by atoms with van der Waals surface area (Å²) in [6, 6.07) is 18.3. The molecule has 2 heterocycles. The summed E-state index contributed by atoms with van der Waals surface area (Å²) in [6.07, 6.45) is 0.682. The van der Waals surface area contributed by atoms with E-state index in [0.29, 0.717) is 28.7 Å². The van der Waals surface area contributed by atoms with Gasteiger partial charge in [0.1, 0.15) is 5.82 Å². The molecule has 7 heteroatoms. The van der Waals surface area contributed by atoms with Gasteiger partial charge in [-0.05, 0) is 72.1 Å². The Bertz CT molecular complexity index is 1270. The smallest absolute Gasteiger partial charge is 0.322 e. The highest BCUT2D eigenvalue weighted by Gasteiger charge is 2.34. The van der Waals surface area contributed by atoms with Crippen molar-refractivity contribution in [2.24, 2.45) is 0 Å². The fourth-order valence-electron chi connectivity index (χ4n) is 4.20. The molecule has 0 fully saturated rings. The van der Waals surface area contributed by atoms with Gasteiger partial charge in [0, 0.05) is 38.9 Å². The molecule has 156 valence electrons. The van der Waals surface area contributed by atoms with Crippen LogP contribution in [0.4, 0.5) is 14.9 Å². The zero-order valence-corrected chi connectivity index (χ0v) is 17.8. The van der Waals surface area contributed by atoms with Crippen LogP contribution in [-0.2, 0) is 6.42 Å². The quantitative estimate of drug-likeness (QED) is 0.344. The van der Waals surface area contributed by atoms with Crippen molar-refractivity contribution in [3.63, 3.8) is 0 Å². The Hall–Kier alpha value is -3.02. The molecule has 1 atom stereocenters. The number of nitrogens with zero attached hydrogens (tertiary/aromatic N) is 1. The number of rotatable bonds is 2. The monoisotopic (exact) mass is 453 g/mol. The van der Waals surface area contributed by atoms with Gasteiger partial charge in [0.15, 0.2) is 0 Å². The molecule has 0 saturated carbocycles. The number of carbonyl (C=O) groups is 1. The minimum atomic E-state index is -0.386. The Morgan fingerprint density at radius 3 is 2.45 bits per heavy atom. The van der Waals surface area contributed by atoms with Crippen LogP contribution in [0, 0.1) is 5.82 Å². The lowest BCUT2D eigenvalue weighted by Crippen LogP contribution is -2.43. The number of carbonyl (C=O) groups excluding carboxylic acids is 1. The van der Waals surface area contributed by atoms with Crippen molar-refractivity contribution in [1.82, 2.24) is 9.88 Å². The number of aromatic nitrogens is 1. The van der Waals surface area contributed by atoms with Crippen LogP contribution in [0.5, 0.6) is 0 Å². The molecule has 1 aliphatic heterocycles. The lowest BCUT2D eigenvalue weighted by molar-refractivity contribution is 0.193. The van der Waals surface area contributed by atoms with Crippen molar-refractivity contribution in [1.29, 1.82) is 0 Å². The summed E-state index contributed by atoms with van der Waals surface area (Å²) in [7, 11) is 0. The first-order valence-corrected chi connectivity index (χ1v) is 10.6. The Kier molecular flexibility index (Phi) is 5.08. The zero-order chi connectivity index (χ0) is 21.5. The van der Waals surface area contributed by atoms with Crippen molar-refractivity contribution in [3.8, 4) is 0 Å². The number of hydrogen-bond donors (Lipinski definition) is 2. The second-order valence-corrected chi connectivity index (χ2v) is 8.41. The van der Waals surface area contributed by atoms with Gasteiger partial charge in [0.2, 0.25) is 0 Å². The Balaban J connectivity index is 1.58. The number of anilines is 1. The SMILES string of the molecule is O=C(Nc1ccc(Cl)cc1)N1CCc2c([nH]c3ccc(Cl)cc23)C1c1ccc(F)cc1. The van der Waals surface area contributed by atoms with Crippen LogP contribution in [0.25, 0.3) is 10.9 Å². The summed E-state index contributed by atoms with van der Waals surface area (Å²) in [4.78, 5) is 18.5. The van der Waals surface area contributed by atoms with E-state index in [1.54, 1.807) is 41.3 Å². The number of urea groups is 1. The van der Waals surface area contributed by atoms with E-state index >= 15 is 0 Å². The van der Waals surface area contributed by atoms with Crippen LogP contribution in [0.1, 0.15) is 22.9 Å². The second kappa shape index (κ2) is 7.91. The standard InChI is InChI=1S/C24H18Cl2FN3O/c25-15-3-8-18(9-4-15)28-24(31)30-12-11-19-20-13-16(26)5-10-21(20)29-22(19)23(30)14-1-6-17(27)7-2-14/h1-10,13,23,29H,11-12H2,(H,28,31). The van der Waals surface area contributed by atoms with E-state index in [-0.39, 0.29) is 17.9 Å². The van der Waals surface area contributed by atoms with Crippen molar-refractivity contribution in [2.75, 3.05) is 11.9 Å². The Labute approximate surface area is 188 Å². The maximum Gasteiger partial charge on any atom is 0.322 e. The first-order valence-electron chi connectivity index (χ1n) is 9.88. The summed E-state index contributed by atoms with van der Waals surface area (Å²) >= 11 is 12.2. The summed E-state index contributed by atoms with van der Waals surface area (Å²) in [5.41, 5.74) is 4.48. The van der Waals surface area contributed by atoms with E-state index in [0.717, 1.165) is 27.7 Å². The van der Waals surface area contributed by atoms with E-state index in [4.69, 9.17) is 23.2 Å². The van der Waals surface area contributed by atoms with Gasteiger partial charge in [0.05, 0.1) is 6.04 Å². The Morgan fingerprint density at radius 2 is 1.71 bits per heavy atom. The molecule has 2 amide bonds. The van der Waals surface area contributed by atoms with Crippen molar-refractivity contribution >= 4 is 45.8 Å². The number of amides is 2. The number of H-pyrrole nitrogens is 1. The molecule has 0 radical (unpaired) electrons. The minimum Gasteiger partial charge on any atom is -0.356 e. The molecule has 0 bridgehead atoms. The number of halogens is 3. The highest BCUT2D eigenvalue weighted by Crippen LogP contribution is 2.39. The lowest BCUT2D eigenvalue weighted by Gasteiger charge is -2.36. The number of nitrogens with one attached hydrogen (secondary N) is 2. The molecule has 1 aromatic heterocycles. The second-order valence-electron chi connectivity index (χ2n) is 7.54. The number of benzene rings is 3. The largest absolute Gasteiger partial charge is 0.356 e. The zero-order valence-electron chi connectivity index (χ0n) is 16.3. The summed E-state index contributed by atoms with van der Waals surface area (Å²) in [6.45, 7) is 0.508. The highest BCUT2D eigenvalue weighted by molar-refractivity contribution is 6.31. The molecule has 4 aromatic rings. The van der Waals surface area contributed by atoms with E-state index in [1.807, 2.05) is 18.2 Å². The van der Waals surface area contributed by atoms with Crippen molar-refractivity contribution < 1.29 is 9.18 Å². The number of hydrogen-bond acceptors (Lipinski definition) is 1. The van der Waals surface area contributed by atoms with E-state index in [2.05, 4.69) is 10.3 Å². The summed E-state index contributed by atoms with van der Waals surface area (Å²) < 4.78 is 13.6. The fraction of sp³-hybridized carbons (Fsp3) is 0.125. The first kappa shape index (κ1) is 19.9. The number of aromatic amines is 1.